The monoisotopic (exact) mass is 534 g/mol. The van der Waals surface area contributed by atoms with E-state index in [1.165, 1.54) is 26.7 Å². The van der Waals surface area contributed by atoms with Crippen LogP contribution in [0.25, 0.3) is 11.1 Å². The molecule has 24 heavy (non-hydrogen) atoms. The maximum Gasteiger partial charge on any atom is 0.485 e. The Hall–Kier alpha value is -0.650. The maximum absolute atomic E-state index is 10.7. The largest absolute Gasteiger partial charge is 0.741 e. The number of halogens is 5. The zero-order valence-electron chi connectivity index (χ0n) is 12.4. The lowest BCUT2D eigenvalue weighted by molar-refractivity contribution is -0.591. The highest BCUT2D eigenvalue weighted by atomic mass is 127. The minimum atomic E-state index is -6.09. The van der Waals surface area contributed by atoms with Crippen LogP contribution < -0.4 is 21.2 Å². The fraction of sp³-hybridized carbons (Fsp3) is 0.200. The van der Waals surface area contributed by atoms with Gasteiger partial charge < -0.3 is 4.55 Å². The second-order valence-electron chi connectivity index (χ2n) is 5.04. The van der Waals surface area contributed by atoms with Crippen molar-refractivity contribution >= 4 is 26.0 Å². The second-order valence-corrected chi connectivity index (χ2v) is 9.96. The molecule has 0 radical (unpaired) electrons. The minimum Gasteiger partial charge on any atom is -0.741 e. The molecule has 0 saturated carbocycles. The van der Waals surface area contributed by atoms with Gasteiger partial charge in [-0.05, 0) is 53.5 Å². The van der Waals surface area contributed by atoms with Crippen LogP contribution in [0.1, 0.15) is 11.1 Å². The van der Waals surface area contributed by atoms with Crippen molar-refractivity contribution in [2.45, 2.75) is 19.4 Å². The Bertz CT molecular complexity index is 896. The highest BCUT2D eigenvalue weighted by Crippen LogP contribution is 2.28. The molecule has 0 bridgehead atoms. The molecule has 3 nitrogen and oxygen atoms in total. The SMILES string of the molecule is Cc1cc(C)c2c(c1)-c1cccc(Br)c1[I+]2.O=S(=O)([O-])C(F)(F)F. The normalized spacial score (nSPS) is 13.0. The number of aryl methyl sites for hydroxylation is 2. The van der Waals surface area contributed by atoms with Crippen LogP contribution in [0.4, 0.5) is 13.2 Å². The van der Waals surface area contributed by atoms with E-state index < -0.39 is 15.6 Å². The number of alkyl halides is 3. The average Bonchev–Trinajstić information content (AvgIpc) is 2.78. The predicted molar refractivity (Wildman–Crippen MR) is 82.2 cm³/mol. The van der Waals surface area contributed by atoms with Crippen LogP contribution in [-0.2, 0) is 10.1 Å². The van der Waals surface area contributed by atoms with Crippen molar-refractivity contribution in [3.63, 3.8) is 0 Å². The van der Waals surface area contributed by atoms with E-state index >= 15 is 0 Å². The van der Waals surface area contributed by atoms with Gasteiger partial charge in [0.25, 0.3) is 0 Å². The first-order valence-corrected chi connectivity index (χ1v) is 10.8. The van der Waals surface area contributed by atoms with Crippen molar-refractivity contribution in [1.82, 2.24) is 0 Å². The van der Waals surface area contributed by atoms with E-state index in [1.807, 2.05) is 0 Å². The number of benzene rings is 2. The second kappa shape index (κ2) is 6.93. The Morgan fingerprint density at radius 2 is 1.67 bits per heavy atom. The van der Waals surface area contributed by atoms with E-state index in [0.717, 1.165) is 0 Å². The molecule has 9 heteroatoms. The van der Waals surface area contributed by atoms with E-state index in [-0.39, 0.29) is 21.2 Å². The van der Waals surface area contributed by atoms with Crippen LogP contribution in [0.5, 0.6) is 0 Å². The molecule has 0 saturated heterocycles. The van der Waals surface area contributed by atoms with Gasteiger partial charge in [0.1, 0.15) is 0 Å². The molecule has 0 amide bonds. The first kappa shape index (κ1) is 19.7. The zero-order chi connectivity index (χ0) is 18.3. The molecular formula is C15H11BrF3IO3S. The number of fused-ring (bicyclic) bond motifs is 3. The summed E-state index contributed by atoms with van der Waals surface area (Å²) in [6, 6.07) is 11.2. The van der Waals surface area contributed by atoms with Gasteiger partial charge >= 0.3 is 26.7 Å². The van der Waals surface area contributed by atoms with Crippen molar-refractivity contribution in [2.75, 3.05) is 0 Å². The molecule has 0 fully saturated rings. The molecule has 3 rings (SSSR count). The molecule has 0 N–H and O–H groups in total. The van der Waals surface area contributed by atoms with E-state index in [2.05, 4.69) is 60.1 Å². The lowest BCUT2D eigenvalue weighted by Gasteiger charge is -2.08. The molecule has 0 atom stereocenters. The molecule has 0 aromatic heterocycles. The quantitative estimate of drug-likeness (QED) is 0.248. The van der Waals surface area contributed by atoms with Crippen molar-refractivity contribution in [3.05, 3.63) is 53.1 Å². The van der Waals surface area contributed by atoms with Crippen molar-refractivity contribution in [1.29, 1.82) is 0 Å². The molecule has 0 spiro atoms. The highest BCUT2D eigenvalue weighted by Gasteiger charge is 2.37. The number of rotatable bonds is 0. The molecule has 1 aliphatic rings. The Balaban J connectivity index is 0.000000224. The van der Waals surface area contributed by atoms with Crippen LogP contribution in [0, 0.1) is 21.0 Å². The summed E-state index contributed by atoms with van der Waals surface area (Å²) in [5, 5.41) is 0. The predicted octanol–water partition coefficient (Wildman–Crippen LogP) is 1.23. The van der Waals surface area contributed by atoms with Crippen LogP contribution in [0.15, 0.2) is 34.8 Å². The van der Waals surface area contributed by atoms with Gasteiger partial charge in [-0.2, -0.15) is 13.2 Å². The van der Waals surface area contributed by atoms with Crippen LogP contribution in [0.2, 0.25) is 0 Å². The summed E-state index contributed by atoms with van der Waals surface area (Å²) in [4.78, 5) is 0. The summed E-state index contributed by atoms with van der Waals surface area (Å²) in [5.41, 5.74) is 0.108. The molecule has 0 aliphatic carbocycles. The van der Waals surface area contributed by atoms with Crippen LogP contribution in [0.3, 0.4) is 0 Å². The zero-order valence-corrected chi connectivity index (χ0v) is 17.0. The molecule has 2 aromatic rings. The summed E-state index contributed by atoms with van der Waals surface area (Å²) < 4.78 is 63.3. The molecule has 130 valence electrons. The van der Waals surface area contributed by atoms with Gasteiger partial charge in [-0.3, -0.25) is 0 Å². The Morgan fingerprint density at radius 3 is 2.21 bits per heavy atom. The fourth-order valence-corrected chi connectivity index (χ4v) is 6.10. The lowest BCUT2D eigenvalue weighted by atomic mass is 10.0. The third kappa shape index (κ3) is 4.12. The molecule has 2 aromatic carbocycles. The van der Waals surface area contributed by atoms with Crippen LogP contribution in [-0.4, -0.2) is 18.5 Å². The highest BCUT2D eigenvalue weighted by molar-refractivity contribution is 9.10. The van der Waals surface area contributed by atoms with Gasteiger partial charge in [0.15, 0.2) is 10.1 Å². The molecule has 0 unspecified atom stereocenters. The van der Waals surface area contributed by atoms with E-state index in [9.17, 15) is 13.2 Å². The topological polar surface area (TPSA) is 57.2 Å². The van der Waals surface area contributed by atoms with Crippen molar-refractivity contribution in [3.8, 4) is 11.1 Å². The minimum absolute atomic E-state index is 0.000316. The number of hydrogen-bond acceptors (Lipinski definition) is 3. The van der Waals surface area contributed by atoms with Gasteiger partial charge in [-0.1, -0.05) is 12.1 Å². The van der Waals surface area contributed by atoms with Gasteiger partial charge in [-0.25, -0.2) is 8.42 Å². The van der Waals surface area contributed by atoms with Gasteiger partial charge in [0.2, 0.25) is 7.14 Å². The summed E-state index contributed by atoms with van der Waals surface area (Å²) >= 11 is 3.68. The standard InChI is InChI=1S/C14H11BrI.CHF3O3S/c1-8-6-9(2)13-11(7-8)10-4-3-5-12(15)14(10)16-13;2-1(3,4)8(5,6)7/h3-7H,1-2H3;(H,5,6,7)/q+1;/p-1. The van der Waals surface area contributed by atoms with Crippen molar-refractivity contribution in [2.24, 2.45) is 0 Å². The number of hydrogen-bond donors (Lipinski definition) is 0. The lowest BCUT2D eigenvalue weighted by Crippen LogP contribution is -3.61. The average molecular weight is 535 g/mol. The Kier molecular flexibility index (Phi) is 5.68. The summed E-state index contributed by atoms with van der Waals surface area (Å²) in [6.07, 6.45) is 0. The smallest absolute Gasteiger partial charge is 0.485 e. The molecular weight excluding hydrogens is 524 g/mol. The third-order valence-corrected chi connectivity index (χ3v) is 8.75. The summed E-state index contributed by atoms with van der Waals surface area (Å²) in [6.45, 7) is 4.42. The summed E-state index contributed by atoms with van der Waals surface area (Å²) in [7, 11) is -6.09. The van der Waals surface area contributed by atoms with E-state index in [4.69, 9.17) is 13.0 Å². The van der Waals surface area contributed by atoms with Crippen molar-refractivity contribution < 1.29 is 47.3 Å². The van der Waals surface area contributed by atoms with Gasteiger partial charge in [-0.15, -0.1) is 0 Å². The van der Waals surface area contributed by atoms with Crippen LogP contribution >= 0.6 is 15.9 Å². The molecule has 1 heterocycles. The summed E-state index contributed by atoms with van der Waals surface area (Å²) in [5.74, 6) is 0. The van der Waals surface area contributed by atoms with E-state index in [0.29, 0.717) is 0 Å². The Morgan fingerprint density at radius 1 is 1.08 bits per heavy atom. The fourth-order valence-electron chi connectivity index (χ4n) is 2.17. The third-order valence-electron chi connectivity index (χ3n) is 3.11. The first-order chi connectivity index (χ1) is 10.9. The maximum atomic E-state index is 10.7. The van der Waals surface area contributed by atoms with Gasteiger partial charge in [0.05, 0.1) is 4.47 Å². The first-order valence-electron chi connectivity index (χ1n) is 6.49. The van der Waals surface area contributed by atoms with E-state index in [1.54, 1.807) is 7.14 Å². The Labute approximate surface area is 156 Å². The van der Waals surface area contributed by atoms with Gasteiger partial charge in [0, 0.05) is 16.7 Å². The molecule has 1 aliphatic heterocycles.